The summed E-state index contributed by atoms with van der Waals surface area (Å²) in [4.78, 5) is 15.9. The molecule has 3 rings (SSSR count). The lowest BCUT2D eigenvalue weighted by atomic mass is 10.1. The number of likely N-dealkylation sites (tertiary alicyclic amines) is 1. The normalized spacial score (nSPS) is 17.2. The fourth-order valence-corrected chi connectivity index (χ4v) is 6.79. The first-order valence-electron chi connectivity index (χ1n) is 10.7. The monoisotopic (exact) mass is 450 g/mol. The van der Waals surface area contributed by atoms with Crippen molar-refractivity contribution in [2.75, 3.05) is 26.2 Å². The summed E-state index contributed by atoms with van der Waals surface area (Å²) in [6, 6.07) is 10.7. The lowest BCUT2D eigenvalue weighted by Crippen LogP contribution is -3.11. The highest BCUT2D eigenvalue weighted by atomic mass is 32.2. The molecule has 1 aromatic heterocycles. The van der Waals surface area contributed by atoms with Crippen molar-refractivity contribution in [1.82, 2.24) is 9.62 Å². The van der Waals surface area contributed by atoms with Gasteiger partial charge in [0.15, 0.2) is 0 Å². The molecular formula is C22H32N3O3S2+. The second-order valence-electron chi connectivity index (χ2n) is 7.74. The van der Waals surface area contributed by atoms with Crippen LogP contribution in [0.3, 0.4) is 0 Å². The zero-order valence-corrected chi connectivity index (χ0v) is 19.6. The smallest absolute Gasteiger partial charge is 0.251 e. The molecule has 1 aliphatic heterocycles. The number of benzene rings is 1. The van der Waals surface area contributed by atoms with Crippen molar-refractivity contribution in [3.05, 3.63) is 52.2 Å². The fraction of sp³-hybridized carbons (Fsp3) is 0.500. The Morgan fingerprint density at radius 1 is 1.17 bits per heavy atom. The molecule has 1 fully saturated rings. The highest BCUT2D eigenvalue weighted by molar-refractivity contribution is 7.89. The Morgan fingerprint density at radius 3 is 2.47 bits per heavy atom. The maximum atomic E-state index is 13.0. The van der Waals surface area contributed by atoms with E-state index >= 15 is 0 Å². The molecule has 1 aromatic carbocycles. The maximum absolute atomic E-state index is 13.0. The average molecular weight is 451 g/mol. The van der Waals surface area contributed by atoms with Gasteiger partial charge in [-0.1, -0.05) is 26.0 Å². The van der Waals surface area contributed by atoms with Gasteiger partial charge in [0.2, 0.25) is 10.0 Å². The largest absolute Gasteiger partial charge is 0.343 e. The van der Waals surface area contributed by atoms with Gasteiger partial charge in [0.1, 0.15) is 6.04 Å². The molecule has 1 aliphatic rings. The number of amides is 1. The predicted molar refractivity (Wildman–Crippen MR) is 120 cm³/mol. The van der Waals surface area contributed by atoms with Gasteiger partial charge in [0.25, 0.3) is 5.91 Å². The number of nitrogens with one attached hydrogen (secondary N) is 2. The van der Waals surface area contributed by atoms with Crippen LogP contribution < -0.4 is 10.2 Å². The third-order valence-electron chi connectivity index (χ3n) is 5.83. The van der Waals surface area contributed by atoms with Gasteiger partial charge in [-0.15, -0.1) is 11.3 Å². The van der Waals surface area contributed by atoms with E-state index in [-0.39, 0.29) is 22.9 Å². The van der Waals surface area contributed by atoms with Crippen molar-refractivity contribution in [2.45, 2.75) is 50.6 Å². The molecule has 0 aliphatic carbocycles. The van der Waals surface area contributed by atoms with Gasteiger partial charge in [-0.3, -0.25) is 4.79 Å². The van der Waals surface area contributed by atoms with E-state index in [1.807, 2.05) is 20.8 Å². The Hall–Kier alpha value is -1.74. The Balaban J connectivity index is 1.80. The van der Waals surface area contributed by atoms with Gasteiger partial charge in [-0.2, -0.15) is 4.31 Å². The highest BCUT2D eigenvalue weighted by Gasteiger charge is 2.34. The lowest BCUT2D eigenvalue weighted by Gasteiger charge is -2.29. The van der Waals surface area contributed by atoms with E-state index < -0.39 is 10.0 Å². The fourth-order valence-electron chi connectivity index (χ4n) is 4.29. The van der Waals surface area contributed by atoms with E-state index in [0.717, 1.165) is 13.1 Å². The van der Waals surface area contributed by atoms with Gasteiger partial charge >= 0.3 is 0 Å². The molecule has 1 amide bonds. The van der Waals surface area contributed by atoms with Gasteiger partial charge in [-0.25, -0.2) is 8.42 Å². The molecule has 0 unspecified atom stereocenters. The number of sulfonamides is 1. The van der Waals surface area contributed by atoms with Crippen LogP contribution in [-0.2, 0) is 10.0 Å². The molecule has 6 nitrogen and oxygen atoms in total. The van der Waals surface area contributed by atoms with Gasteiger partial charge in [0.05, 0.1) is 28.9 Å². The summed E-state index contributed by atoms with van der Waals surface area (Å²) in [7, 11) is -3.60. The van der Waals surface area contributed by atoms with Crippen LogP contribution in [0.1, 0.15) is 54.9 Å². The zero-order chi connectivity index (χ0) is 21.7. The molecule has 0 saturated carbocycles. The van der Waals surface area contributed by atoms with E-state index in [0.29, 0.717) is 18.7 Å². The van der Waals surface area contributed by atoms with Gasteiger partial charge < -0.3 is 10.2 Å². The van der Waals surface area contributed by atoms with Gasteiger partial charge in [0, 0.05) is 31.5 Å². The first-order chi connectivity index (χ1) is 14.4. The van der Waals surface area contributed by atoms with E-state index in [9.17, 15) is 13.2 Å². The summed E-state index contributed by atoms with van der Waals surface area (Å²) in [5.74, 6) is -0.237. The Labute approximate surface area is 183 Å². The molecule has 0 spiro atoms. The number of rotatable bonds is 9. The second-order valence-corrected chi connectivity index (χ2v) is 10.7. The van der Waals surface area contributed by atoms with Crippen molar-refractivity contribution >= 4 is 27.3 Å². The van der Waals surface area contributed by atoms with Crippen LogP contribution in [0.4, 0.5) is 0 Å². The number of quaternary nitrogens is 1. The maximum Gasteiger partial charge on any atom is 0.251 e. The van der Waals surface area contributed by atoms with Crippen LogP contribution in [0.2, 0.25) is 0 Å². The van der Waals surface area contributed by atoms with Crippen molar-refractivity contribution in [2.24, 2.45) is 0 Å². The Kier molecular flexibility index (Phi) is 7.68. The number of hydrogen-bond acceptors (Lipinski definition) is 4. The molecule has 2 N–H and O–H groups in total. The van der Waals surface area contributed by atoms with E-state index in [1.165, 1.54) is 33.0 Å². The minimum atomic E-state index is -3.60. The molecule has 1 saturated heterocycles. The number of carbonyl (C=O) groups is 1. The van der Waals surface area contributed by atoms with Crippen LogP contribution in [0.25, 0.3) is 0 Å². The van der Waals surface area contributed by atoms with Crippen LogP contribution in [-0.4, -0.2) is 50.9 Å². The quantitative estimate of drug-likeness (QED) is 0.616. The average Bonchev–Trinajstić information content (AvgIpc) is 3.44. The molecule has 2 atom stereocenters. The minimum absolute atomic E-state index is 0.0627. The van der Waals surface area contributed by atoms with Crippen LogP contribution >= 0.6 is 11.3 Å². The molecule has 0 bridgehead atoms. The van der Waals surface area contributed by atoms with Crippen molar-refractivity contribution in [3.8, 4) is 0 Å². The molecule has 164 valence electrons. The molecule has 2 aromatic rings. The van der Waals surface area contributed by atoms with Crippen molar-refractivity contribution in [3.63, 3.8) is 0 Å². The standard InChI is InChI=1S/C22H31N3O3S2/c1-4-25(5-2)30(27,28)19-11-8-10-18(16-19)22(26)23-17(3)21(20-12-9-15-29-20)24-13-6-7-14-24/h8-12,15-17,21H,4-7,13-14H2,1-3H3,(H,23,26)/p+1/t17-,21+/m0/s1. The second kappa shape index (κ2) is 10.0. The third-order valence-corrected chi connectivity index (χ3v) is 8.83. The van der Waals surface area contributed by atoms with E-state index in [2.05, 4.69) is 22.8 Å². The number of hydrogen-bond donors (Lipinski definition) is 2. The Bertz CT molecular complexity index is 934. The molecule has 2 heterocycles. The number of thiophene rings is 1. The summed E-state index contributed by atoms with van der Waals surface area (Å²) in [6.07, 6.45) is 2.42. The highest BCUT2D eigenvalue weighted by Crippen LogP contribution is 2.22. The molecular weight excluding hydrogens is 418 g/mol. The summed E-state index contributed by atoms with van der Waals surface area (Å²) in [6.45, 7) is 8.68. The zero-order valence-electron chi connectivity index (χ0n) is 17.9. The summed E-state index contributed by atoms with van der Waals surface area (Å²) in [5, 5.41) is 5.21. The summed E-state index contributed by atoms with van der Waals surface area (Å²) < 4.78 is 27.0. The van der Waals surface area contributed by atoms with E-state index in [4.69, 9.17) is 0 Å². The predicted octanol–water partition coefficient (Wildman–Crippen LogP) is 2.32. The van der Waals surface area contributed by atoms with Crippen molar-refractivity contribution in [1.29, 1.82) is 0 Å². The SMILES string of the molecule is CCN(CC)S(=O)(=O)c1cccc(C(=O)N[C@@H](C)[C@H](c2cccs2)[NH+]2CCCC2)c1. The summed E-state index contributed by atoms with van der Waals surface area (Å²) in [5.41, 5.74) is 0.372. The van der Waals surface area contributed by atoms with E-state index in [1.54, 1.807) is 29.5 Å². The topological polar surface area (TPSA) is 70.9 Å². The molecule has 8 heteroatoms. The molecule has 30 heavy (non-hydrogen) atoms. The van der Waals surface area contributed by atoms with Crippen LogP contribution in [0, 0.1) is 0 Å². The van der Waals surface area contributed by atoms with Crippen LogP contribution in [0.15, 0.2) is 46.7 Å². The number of carbonyl (C=O) groups excluding carboxylic acids is 1. The number of nitrogens with zero attached hydrogens (tertiary/aromatic N) is 1. The summed E-state index contributed by atoms with van der Waals surface area (Å²) >= 11 is 1.73. The van der Waals surface area contributed by atoms with Crippen molar-refractivity contribution < 1.29 is 18.1 Å². The Morgan fingerprint density at radius 2 is 1.87 bits per heavy atom. The first kappa shape index (κ1) is 22.9. The minimum Gasteiger partial charge on any atom is -0.343 e. The molecule has 0 radical (unpaired) electrons. The lowest BCUT2D eigenvalue weighted by molar-refractivity contribution is -0.920. The van der Waals surface area contributed by atoms with Crippen LogP contribution in [0.5, 0.6) is 0 Å². The first-order valence-corrected chi connectivity index (χ1v) is 13.0. The third kappa shape index (κ3) is 4.94. The van der Waals surface area contributed by atoms with Gasteiger partial charge in [-0.05, 0) is 36.6 Å².